The van der Waals surface area contributed by atoms with Crippen molar-refractivity contribution in [3.63, 3.8) is 0 Å². The summed E-state index contributed by atoms with van der Waals surface area (Å²) in [6.07, 6.45) is 1.39. The summed E-state index contributed by atoms with van der Waals surface area (Å²) in [6.45, 7) is 1.80. The Kier molecular flexibility index (Phi) is 3.65. The molecule has 7 nitrogen and oxygen atoms in total. The third-order valence-electron chi connectivity index (χ3n) is 2.72. The number of para-hydroxylation sites is 1. The lowest BCUT2D eigenvalue weighted by Gasteiger charge is -2.13. The number of anilines is 1. The van der Waals surface area contributed by atoms with Crippen LogP contribution in [0.2, 0.25) is 0 Å². The van der Waals surface area contributed by atoms with Crippen LogP contribution in [0.5, 0.6) is 5.75 Å². The topological polar surface area (TPSA) is 106 Å². The first-order chi connectivity index (χ1) is 9.13. The van der Waals surface area contributed by atoms with Gasteiger partial charge in [0.05, 0.1) is 24.4 Å². The van der Waals surface area contributed by atoms with Gasteiger partial charge in [-0.3, -0.25) is 9.89 Å². The molecule has 100 valence electrons. The molecule has 1 aromatic carbocycles. The fourth-order valence-electron chi connectivity index (χ4n) is 1.69. The van der Waals surface area contributed by atoms with Crippen molar-refractivity contribution in [3.8, 4) is 5.75 Å². The zero-order chi connectivity index (χ0) is 13.8. The van der Waals surface area contributed by atoms with Crippen molar-refractivity contribution in [2.45, 2.75) is 13.0 Å². The maximum Gasteiger partial charge on any atom is 0.254 e. The number of nitrogens with one attached hydrogen (secondary N) is 2. The van der Waals surface area contributed by atoms with Gasteiger partial charge in [-0.2, -0.15) is 5.10 Å². The lowest BCUT2D eigenvalue weighted by Crippen LogP contribution is -2.28. The molecular formula is C12H15N5O2. The van der Waals surface area contributed by atoms with Crippen molar-refractivity contribution in [1.82, 2.24) is 20.5 Å². The van der Waals surface area contributed by atoms with Crippen LogP contribution in [0.3, 0.4) is 0 Å². The van der Waals surface area contributed by atoms with Crippen LogP contribution in [-0.4, -0.2) is 28.2 Å². The number of aromatic nitrogens is 3. The third-order valence-corrected chi connectivity index (χ3v) is 2.72. The number of carbonyl (C=O) groups excluding carboxylic acids is 1. The molecule has 1 heterocycles. The molecule has 0 radical (unpaired) electrons. The van der Waals surface area contributed by atoms with E-state index >= 15 is 0 Å². The average molecular weight is 261 g/mol. The second-order valence-electron chi connectivity index (χ2n) is 3.99. The molecule has 2 rings (SSSR count). The maximum atomic E-state index is 12.1. The molecule has 1 aromatic heterocycles. The van der Waals surface area contributed by atoms with Gasteiger partial charge < -0.3 is 15.8 Å². The maximum absolute atomic E-state index is 12.1. The summed E-state index contributed by atoms with van der Waals surface area (Å²) in [5.74, 6) is 0.759. The van der Waals surface area contributed by atoms with E-state index in [0.29, 0.717) is 22.8 Å². The minimum atomic E-state index is -0.291. The van der Waals surface area contributed by atoms with E-state index < -0.39 is 0 Å². The smallest absolute Gasteiger partial charge is 0.254 e. The van der Waals surface area contributed by atoms with Gasteiger partial charge in [-0.15, -0.1) is 0 Å². The first-order valence-corrected chi connectivity index (χ1v) is 5.72. The molecule has 19 heavy (non-hydrogen) atoms. The number of amides is 1. The Balaban J connectivity index is 2.16. The molecule has 0 aliphatic rings. The standard InChI is InChI=1S/C12H15N5O2/c1-7(11-14-6-15-17-11)16-12(18)8-4-3-5-9(19-2)10(8)13/h3-7H,13H2,1-2H3,(H,16,18)(H,14,15,17). The van der Waals surface area contributed by atoms with Gasteiger partial charge in [0.25, 0.3) is 5.91 Å². The van der Waals surface area contributed by atoms with Gasteiger partial charge in [-0.1, -0.05) is 6.07 Å². The number of nitrogen functional groups attached to an aromatic ring is 1. The number of nitrogens with zero attached hydrogens (tertiary/aromatic N) is 2. The molecule has 2 aromatic rings. The summed E-state index contributed by atoms with van der Waals surface area (Å²) < 4.78 is 5.08. The van der Waals surface area contributed by atoms with E-state index in [2.05, 4.69) is 20.5 Å². The molecule has 1 amide bonds. The Hall–Kier alpha value is -2.57. The summed E-state index contributed by atoms with van der Waals surface area (Å²) in [4.78, 5) is 16.1. The molecule has 0 saturated carbocycles. The van der Waals surface area contributed by atoms with Crippen LogP contribution >= 0.6 is 0 Å². The molecule has 0 bridgehead atoms. The fourth-order valence-corrected chi connectivity index (χ4v) is 1.69. The van der Waals surface area contributed by atoms with Gasteiger partial charge in [0.1, 0.15) is 17.9 Å². The first kappa shape index (κ1) is 12.9. The van der Waals surface area contributed by atoms with Crippen molar-refractivity contribution in [2.75, 3.05) is 12.8 Å². The number of rotatable bonds is 4. The van der Waals surface area contributed by atoms with Crippen LogP contribution in [0, 0.1) is 0 Å². The third kappa shape index (κ3) is 2.65. The van der Waals surface area contributed by atoms with Crippen LogP contribution in [-0.2, 0) is 0 Å². The molecular weight excluding hydrogens is 246 g/mol. The number of hydrogen-bond acceptors (Lipinski definition) is 5. The van der Waals surface area contributed by atoms with Gasteiger partial charge in [0.15, 0.2) is 0 Å². The largest absolute Gasteiger partial charge is 0.495 e. The second-order valence-corrected chi connectivity index (χ2v) is 3.99. The average Bonchev–Trinajstić information content (AvgIpc) is 2.92. The fraction of sp³-hybridized carbons (Fsp3) is 0.250. The van der Waals surface area contributed by atoms with Crippen molar-refractivity contribution in [1.29, 1.82) is 0 Å². The summed E-state index contributed by atoms with van der Waals surface area (Å²) in [6, 6.07) is 4.76. The molecule has 7 heteroatoms. The number of carbonyl (C=O) groups is 1. The minimum Gasteiger partial charge on any atom is -0.495 e. The van der Waals surface area contributed by atoms with Gasteiger partial charge in [0.2, 0.25) is 0 Å². The highest BCUT2D eigenvalue weighted by molar-refractivity contribution is 6.00. The molecule has 4 N–H and O–H groups in total. The number of aromatic amines is 1. The minimum absolute atomic E-state index is 0.291. The van der Waals surface area contributed by atoms with Crippen LogP contribution in [0.1, 0.15) is 29.1 Å². The Morgan fingerprint density at radius 2 is 2.32 bits per heavy atom. The number of benzene rings is 1. The van der Waals surface area contributed by atoms with E-state index in [0.717, 1.165) is 0 Å². The van der Waals surface area contributed by atoms with Crippen molar-refractivity contribution in [2.24, 2.45) is 0 Å². The summed E-state index contributed by atoms with van der Waals surface area (Å²) in [7, 11) is 1.50. The molecule has 0 spiro atoms. The molecule has 0 saturated heterocycles. The van der Waals surface area contributed by atoms with E-state index in [1.54, 1.807) is 25.1 Å². The second kappa shape index (κ2) is 5.38. The summed E-state index contributed by atoms with van der Waals surface area (Å²) in [5, 5.41) is 9.22. The highest BCUT2D eigenvalue weighted by Crippen LogP contribution is 2.25. The zero-order valence-corrected chi connectivity index (χ0v) is 10.7. The number of nitrogens with two attached hydrogens (primary N) is 1. The number of ether oxygens (including phenoxy) is 1. The molecule has 0 fully saturated rings. The Labute approximate surface area is 110 Å². The SMILES string of the molecule is COc1cccc(C(=O)NC(C)c2ncn[nH]2)c1N. The zero-order valence-electron chi connectivity index (χ0n) is 10.7. The lowest BCUT2D eigenvalue weighted by molar-refractivity contribution is 0.0939. The summed E-state index contributed by atoms with van der Waals surface area (Å²) >= 11 is 0. The van der Waals surface area contributed by atoms with Crippen LogP contribution < -0.4 is 15.8 Å². The monoisotopic (exact) mass is 261 g/mol. The highest BCUT2D eigenvalue weighted by atomic mass is 16.5. The van der Waals surface area contributed by atoms with Crippen molar-refractivity contribution in [3.05, 3.63) is 35.9 Å². The quantitative estimate of drug-likeness (QED) is 0.708. The Bertz CT molecular complexity index is 568. The van der Waals surface area contributed by atoms with Gasteiger partial charge in [-0.25, -0.2) is 4.98 Å². The predicted octanol–water partition coefficient (Wildman–Crippen LogP) is 0.886. The van der Waals surface area contributed by atoms with E-state index in [1.165, 1.54) is 13.4 Å². The number of hydrogen-bond donors (Lipinski definition) is 3. The molecule has 0 aliphatic carbocycles. The molecule has 1 atom stereocenters. The number of H-pyrrole nitrogens is 1. The van der Waals surface area contributed by atoms with E-state index in [1.807, 2.05) is 0 Å². The lowest BCUT2D eigenvalue weighted by atomic mass is 10.1. The summed E-state index contributed by atoms with van der Waals surface area (Å²) in [5.41, 5.74) is 6.55. The Morgan fingerprint density at radius 3 is 2.95 bits per heavy atom. The van der Waals surface area contributed by atoms with Crippen molar-refractivity contribution >= 4 is 11.6 Å². The van der Waals surface area contributed by atoms with E-state index in [4.69, 9.17) is 10.5 Å². The van der Waals surface area contributed by atoms with Crippen molar-refractivity contribution < 1.29 is 9.53 Å². The van der Waals surface area contributed by atoms with Crippen LogP contribution in [0.4, 0.5) is 5.69 Å². The van der Waals surface area contributed by atoms with Gasteiger partial charge in [-0.05, 0) is 19.1 Å². The normalized spacial score (nSPS) is 11.9. The van der Waals surface area contributed by atoms with E-state index in [9.17, 15) is 4.79 Å². The van der Waals surface area contributed by atoms with Crippen LogP contribution in [0.15, 0.2) is 24.5 Å². The van der Waals surface area contributed by atoms with Crippen LogP contribution in [0.25, 0.3) is 0 Å². The Morgan fingerprint density at radius 1 is 1.53 bits per heavy atom. The predicted molar refractivity (Wildman–Crippen MR) is 69.7 cm³/mol. The van der Waals surface area contributed by atoms with E-state index in [-0.39, 0.29) is 11.9 Å². The molecule has 1 unspecified atom stereocenters. The highest BCUT2D eigenvalue weighted by Gasteiger charge is 2.17. The number of methoxy groups -OCH3 is 1. The molecule has 0 aliphatic heterocycles. The van der Waals surface area contributed by atoms with Gasteiger partial charge in [0, 0.05) is 0 Å². The first-order valence-electron chi connectivity index (χ1n) is 5.72. The van der Waals surface area contributed by atoms with Gasteiger partial charge >= 0.3 is 0 Å².